The molecular weight excluding hydrogens is 416 g/mol. The molecule has 156 valence electrons. The van der Waals surface area contributed by atoms with Gasteiger partial charge in [0.05, 0.1) is 16.4 Å². The van der Waals surface area contributed by atoms with Crippen molar-refractivity contribution in [2.45, 2.75) is 13.5 Å². The second kappa shape index (κ2) is 8.89. The first kappa shape index (κ1) is 20.4. The van der Waals surface area contributed by atoms with Crippen LogP contribution in [0.2, 0.25) is 5.02 Å². The number of nitrogens with zero attached hydrogens (tertiary/aromatic N) is 2. The van der Waals surface area contributed by atoms with Gasteiger partial charge in [-0.3, -0.25) is 9.20 Å². The van der Waals surface area contributed by atoms with Gasteiger partial charge in [0.2, 0.25) is 0 Å². The highest BCUT2D eigenvalue weighted by Gasteiger charge is 2.08. The van der Waals surface area contributed by atoms with Crippen LogP contribution in [0.5, 0.6) is 5.75 Å². The second-order valence-electron chi connectivity index (χ2n) is 6.89. The van der Waals surface area contributed by atoms with Crippen molar-refractivity contribution < 1.29 is 9.53 Å². The van der Waals surface area contributed by atoms with Gasteiger partial charge in [0.1, 0.15) is 18.0 Å². The van der Waals surface area contributed by atoms with Crippen LogP contribution in [0.15, 0.2) is 77.7 Å². The van der Waals surface area contributed by atoms with E-state index in [-0.39, 0.29) is 12.2 Å². The number of hydrogen-bond acceptors (Lipinski definition) is 4. The molecule has 31 heavy (non-hydrogen) atoms. The summed E-state index contributed by atoms with van der Waals surface area (Å²) in [7, 11) is 0. The van der Waals surface area contributed by atoms with Crippen LogP contribution in [0.1, 0.15) is 11.3 Å². The minimum atomic E-state index is -0.424. The first-order valence-electron chi connectivity index (χ1n) is 9.52. The quantitative estimate of drug-likeness (QED) is 0.469. The predicted molar refractivity (Wildman–Crippen MR) is 121 cm³/mol. The van der Waals surface area contributed by atoms with Crippen molar-refractivity contribution in [1.29, 1.82) is 0 Å². The molecule has 0 spiro atoms. The van der Waals surface area contributed by atoms with Crippen molar-refractivity contribution in [3.63, 3.8) is 0 Å². The topological polar surface area (TPSA) is 84.7 Å². The maximum absolute atomic E-state index is 12.3. The molecule has 0 saturated carbocycles. The van der Waals surface area contributed by atoms with Gasteiger partial charge < -0.3 is 15.4 Å². The van der Waals surface area contributed by atoms with Gasteiger partial charge in [-0.25, -0.2) is 9.78 Å². The summed E-state index contributed by atoms with van der Waals surface area (Å²) >= 11 is 6.16. The second-order valence-corrected chi connectivity index (χ2v) is 7.30. The number of amides is 2. The lowest BCUT2D eigenvalue weighted by Gasteiger charge is -2.11. The number of carbonyl (C=O) groups excluding carboxylic acids is 1. The number of pyridine rings is 1. The molecule has 0 saturated heterocycles. The Balaban J connectivity index is 1.41. The zero-order valence-electron chi connectivity index (χ0n) is 16.6. The summed E-state index contributed by atoms with van der Waals surface area (Å²) in [6.07, 6.45) is 1.67. The van der Waals surface area contributed by atoms with Gasteiger partial charge in [-0.1, -0.05) is 29.8 Å². The van der Waals surface area contributed by atoms with Crippen LogP contribution in [0.4, 0.5) is 16.2 Å². The molecule has 8 heteroatoms. The molecule has 2 amide bonds. The number of fused-ring (bicyclic) bond motifs is 1. The largest absolute Gasteiger partial charge is 0.487 e. The summed E-state index contributed by atoms with van der Waals surface area (Å²) in [5.74, 6) is 0.529. The number of anilines is 2. The van der Waals surface area contributed by atoms with Gasteiger partial charge in [0.25, 0.3) is 5.56 Å². The van der Waals surface area contributed by atoms with Crippen LogP contribution in [0.3, 0.4) is 0 Å². The van der Waals surface area contributed by atoms with Gasteiger partial charge in [0.15, 0.2) is 0 Å². The molecule has 0 radical (unpaired) electrons. The van der Waals surface area contributed by atoms with Crippen LogP contribution in [-0.2, 0) is 6.61 Å². The van der Waals surface area contributed by atoms with Gasteiger partial charge in [-0.2, -0.15) is 0 Å². The molecule has 2 aromatic heterocycles. The molecule has 4 aromatic rings. The predicted octanol–water partition coefficient (Wildman–Crippen LogP) is 4.88. The Morgan fingerprint density at radius 3 is 2.77 bits per heavy atom. The maximum Gasteiger partial charge on any atom is 0.323 e. The fourth-order valence-corrected chi connectivity index (χ4v) is 3.29. The number of aryl methyl sites for hydroxylation is 1. The Hall–Kier alpha value is -3.84. The molecule has 7 nitrogen and oxygen atoms in total. The highest BCUT2D eigenvalue weighted by atomic mass is 35.5. The van der Waals surface area contributed by atoms with Crippen LogP contribution in [-0.4, -0.2) is 15.4 Å². The highest BCUT2D eigenvalue weighted by molar-refractivity contribution is 6.33. The number of carbonyl (C=O) groups is 1. The lowest BCUT2D eigenvalue weighted by Crippen LogP contribution is -2.19. The Labute approximate surface area is 183 Å². The molecule has 4 rings (SSSR count). The average Bonchev–Trinajstić information content (AvgIpc) is 2.75. The molecule has 0 aliphatic carbocycles. The first-order chi connectivity index (χ1) is 15.0. The van der Waals surface area contributed by atoms with E-state index in [4.69, 9.17) is 16.3 Å². The third-order valence-electron chi connectivity index (χ3n) is 4.48. The number of benzene rings is 2. The van der Waals surface area contributed by atoms with Crippen molar-refractivity contribution in [1.82, 2.24) is 9.38 Å². The Kier molecular flexibility index (Phi) is 5.86. The molecule has 0 unspecified atom stereocenters. The van der Waals surface area contributed by atoms with E-state index in [2.05, 4.69) is 15.6 Å². The Morgan fingerprint density at radius 1 is 1.06 bits per heavy atom. The van der Waals surface area contributed by atoms with Gasteiger partial charge in [-0.05, 0) is 48.9 Å². The van der Waals surface area contributed by atoms with E-state index in [0.29, 0.717) is 33.5 Å². The Bertz CT molecular complexity index is 1320. The van der Waals surface area contributed by atoms with E-state index in [0.717, 1.165) is 5.56 Å². The van der Waals surface area contributed by atoms with Gasteiger partial charge >= 0.3 is 6.03 Å². The third kappa shape index (κ3) is 5.02. The smallest absolute Gasteiger partial charge is 0.323 e. The number of urea groups is 1. The number of nitrogens with one attached hydrogen (secondary N) is 2. The molecule has 0 fully saturated rings. The van der Waals surface area contributed by atoms with Crippen molar-refractivity contribution in [3.8, 4) is 5.75 Å². The molecule has 0 aliphatic rings. The average molecular weight is 435 g/mol. The number of aromatic nitrogens is 2. The highest BCUT2D eigenvalue weighted by Crippen LogP contribution is 2.23. The molecule has 2 N–H and O–H groups in total. The zero-order chi connectivity index (χ0) is 21.8. The van der Waals surface area contributed by atoms with Crippen molar-refractivity contribution in [2.24, 2.45) is 0 Å². The normalized spacial score (nSPS) is 10.6. The molecular formula is C23H19ClN4O3. The zero-order valence-corrected chi connectivity index (χ0v) is 17.4. The minimum Gasteiger partial charge on any atom is -0.487 e. The third-order valence-corrected chi connectivity index (χ3v) is 4.79. The van der Waals surface area contributed by atoms with E-state index in [9.17, 15) is 9.59 Å². The standard InChI is InChI=1S/C23H19ClN4O3/c1-15-8-9-20(19(24)11-15)27-23(30)26-16-5-4-6-18(12-16)31-14-17-13-22(29)28-10-3-2-7-21(28)25-17/h2-13H,14H2,1H3,(H2,26,27,30). The van der Waals surface area contributed by atoms with Gasteiger partial charge in [-0.15, -0.1) is 0 Å². The molecule has 2 aromatic carbocycles. The van der Waals surface area contributed by atoms with E-state index in [1.165, 1.54) is 10.5 Å². The SMILES string of the molecule is Cc1ccc(NC(=O)Nc2cccc(OCc3cc(=O)n4ccccc4n3)c2)c(Cl)c1. The lowest BCUT2D eigenvalue weighted by molar-refractivity contribution is 0.262. The molecule has 2 heterocycles. The Morgan fingerprint density at radius 2 is 1.94 bits per heavy atom. The molecule has 0 bridgehead atoms. The van der Waals surface area contributed by atoms with E-state index in [1.54, 1.807) is 54.7 Å². The number of rotatable bonds is 5. The lowest BCUT2D eigenvalue weighted by atomic mass is 10.2. The number of ether oxygens (including phenoxy) is 1. The van der Waals surface area contributed by atoms with Crippen molar-refractivity contribution in [2.75, 3.05) is 10.6 Å². The summed E-state index contributed by atoms with van der Waals surface area (Å²) in [6, 6.07) is 18.7. The van der Waals surface area contributed by atoms with Gasteiger partial charge in [0, 0.05) is 24.0 Å². The fraction of sp³-hybridized carbons (Fsp3) is 0.0870. The van der Waals surface area contributed by atoms with E-state index < -0.39 is 6.03 Å². The van der Waals surface area contributed by atoms with E-state index in [1.807, 2.05) is 19.1 Å². The van der Waals surface area contributed by atoms with Crippen LogP contribution in [0, 0.1) is 6.92 Å². The van der Waals surface area contributed by atoms with Crippen molar-refractivity contribution in [3.05, 3.63) is 99.6 Å². The summed E-state index contributed by atoms with van der Waals surface area (Å²) in [5.41, 5.74) is 2.96. The monoisotopic (exact) mass is 434 g/mol. The first-order valence-corrected chi connectivity index (χ1v) is 9.90. The maximum atomic E-state index is 12.3. The minimum absolute atomic E-state index is 0.120. The van der Waals surface area contributed by atoms with Crippen LogP contribution in [0.25, 0.3) is 5.65 Å². The van der Waals surface area contributed by atoms with Crippen LogP contribution < -0.4 is 20.9 Å². The van der Waals surface area contributed by atoms with Crippen molar-refractivity contribution >= 4 is 34.7 Å². The molecule has 0 aliphatic heterocycles. The fourth-order valence-electron chi connectivity index (χ4n) is 3.00. The summed E-state index contributed by atoms with van der Waals surface area (Å²) in [4.78, 5) is 28.9. The number of hydrogen-bond donors (Lipinski definition) is 2. The van der Waals surface area contributed by atoms with E-state index >= 15 is 0 Å². The molecule has 0 atom stereocenters. The summed E-state index contributed by atoms with van der Waals surface area (Å²) in [5, 5.41) is 5.93. The summed E-state index contributed by atoms with van der Waals surface area (Å²) in [6.45, 7) is 2.04. The number of halogens is 1. The summed E-state index contributed by atoms with van der Waals surface area (Å²) < 4.78 is 7.23. The van der Waals surface area contributed by atoms with Crippen LogP contribution >= 0.6 is 11.6 Å².